The predicted molar refractivity (Wildman–Crippen MR) is 148 cm³/mol. The zero-order valence-electron chi connectivity index (χ0n) is 21.3. The van der Waals surface area contributed by atoms with Gasteiger partial charge in [0.15, 0.2) is 5.96 Å². The number of nitrogens with two attached hydrogens (primary N) is 2. The molecular weight excluding hydrogens is 582 g/mol. The van der Waals surface area contributed by atoms with Gasteiger partial charge in [-0.15, -0.1) is 12.4 Å². The Morgan fingerprint density at radius 3 is 2.24 bits per heavy atom. The molecule has 0 fully saturated rings. The molecule has 0 atom stereocenters. The number of carboxylic acid groups (broad SMARTS) is 1. The van der Waals surface area contributed by atoms with Gasteiger partial charge in [0.1, 0.15) is 18.1 Å². The first-order valence-corrected chi connectivity index (χ1v) is 11.8. The van der Waals surface area contributed by atoms with Crippen LogP contribution in [0.4, 0.5) is 10.1 Å². The molecule has 3 rings (SSSR count). The molecule has 0 aromatic heterocycles. The summed E-state index contributed by atoms with van der Waals surface area (Å²) in [6, 6.07) is 16.4. The molecule has 5 N–H and O–H groups in total. The zero-order chi connectivity index (χ0) is 29.7. The Hall–Kier alpha value is -4.77. The number of amides is 1. The van der Waals surface area contributed by atoms with Crippen LogP contribution < -0.4 is 16.2 Å². The molecule has 0 aliphatic heterocycles. The maximum absolute atomic E-state index is 13.5. The van der Waals surface area contributed by atoms with Crippen LogP contribution >= 0.6 is 24.0 Å². The lowest BCUT2D eigenvalue weighted by atomic mass is 10.1. The van der Waals surface area contributed by atoms with Crippen LogP contribution in [0.5, 0.6) is 5.75 Å². The van der Waals surface area contributed by atoms with Gasteiger partial charge in [-0.25, -0.2) is 14.2 Å². The highest BCUT2D eigenvalue weighted by Crippen LogP contribution is 2.25. The number of halogens is 3. The van der Waals surface area contributed by atoms with Gasteiger partial charge in [-0.2, -0.15) is 9.59 Å². The average Bonchev–Trinajstić information content (AvgIpc) is 2.88. The summed E-state index contributed by atoms with van der Waals surface area (Å²) < 4.78 is 18.8. The number of carbonyl (C=O) groups is 3. The molecule has 0 aliphatic rings. The molecule has 0 heterocycles. The van der Waals surface area contributed by atoms with E-state index in [1.54, 1.807) is 30.3 Å². The number of benzene rings is 3. The maximum atomic E-state index is 13.5. The normalized spacial score (nSPS) is 9.61. The van der Waals surface area contributed by atoms with E-state index in [1.165, 1.54) is 36.4 Å². The van der Waals surface area contributed by atoms with E-state index in [-0.39, 0.29) is 60.2 Å². The van der Waals surface area contributed by atoms with Crippen LogP contribution in [0.2, 0.25) is 5.02 Å². The lowest BCUT2D eigenvalue weighted by molar-refractivity contribution is -0.191. The van der Waals surface area contributed by atoms with Crippen LogP contribution in [0.25, 0.3) is 0 Å². The van der Waals surface area contributed by atoms with Crippen molar-refractivity contribution in [2.75, 3.05) is 6.54 Å². The van der Waals surface area contributed by atoms with E-state index in [0.29, 0.717) is 16.8 Å². The van der Waals surface area contributed by atoms with Crippen molar-refractivity contribution in [2.45, 2.75) is 19.4 Å². The fourth-order valence-corrected chi connectivity index (χ4v) is 3.70. The summed E-state index contributed by atoms with van der Waals surface area (Å²) >= 11 is 6.33. The lowest BCUT2D eigenvalue weighted by Gasteiger charge is -2.21. The summed E-state index contributed by atoms with van der Waals surface area (Å²) in [4.78, 5) is 57.7. The minimum Gasteiger partial charge on any atom is -0.480 e. The first kappa shape index (κ1) is 34.3. The first-order valence-electron chi connectivity index (χ1n) is 11.5. The van der Waals surface area contributed by atoms with Crippen LogP contribution in [0.3, 0.4) is 0 Å². The summed E-state index contributed by atoms with van der Waals surface area (Å²) in [6.45, 7) is -0.566. The molecule has 14 heteroatoms. The van der Waals surface area contributed by atoms with E-state index in [9.17, 15) is 23.9 Å². The van der Waals surface area contributed by atoms with Crippen molar-refractivity contribution in [3.63, 3.8) is 0 Å². The molecule has 0 saturated carbocycles. The van der Waals surface area contributed by atoms with Crippen molar-refractivity contribution in [1.29, 1.82) is 0 Å². The van der Waals surface area contributed by atoms with Crippen LogP contribution in [0, 0.1) is 5.82 Å². The number of ether oxygens (including phenoxy) is 1. The van der Waals surface area contributed by atoms with E-state index in [1.807, 2.05) is 0 Å². The number of aryl methyl sites for hydroxylation is 1. The molecule has 216 valence electrons. The minimum atomic E-state index is -1.18. The van der Waals surface area contributed by atoms with Crippen molar-refractivity contribution >= 4 is 59.7 Å². The fraction of sp³-hybridized carbons (Fsp3) is 0.148. The number of esters is 1. The second-order valence-corrected chi connectivity index (χ2v) is 8.49. The van der Waals surface area contributed by atoms with Crippen LogP contribution in [0.15, 0.2) is 71.7 Å². The molecule has 0 bridgehead atoms. The molecule has 0 saturated heterocycles. The summed E-state index contributed by atoms with van der Waals surface area (Å²) in [6.07, 6.45) is 0.445. The number of carbonyl (C=O) groups excluding carboxylic acids is 4. The third-order valence-electron chi connectivity index (χ3n) is 5.15. The van der Waals surface area contributed by atoms with E-state index in [0.717, 1.165) is 4.90 Å². The van der Waals surface area contributed by atoms with Gasteiger partial charge in [-0.3, -0.25) is 9.59 Å². The maximum Gasteiger partial charge on any atom is 0.373 e. The summed E-state index contributed by atoms with van der Waals surface area (Å²) in [5.41, 5.74) is 12.5. The highest BCUT2D eigenvalue weighted by atomic mass is 35.5. The fourth-order valence-electron chi connectivity index (χ4n) is 3.43. The third-order valence-corrected chi connectivity index (χ3v) is 5.50. The van der Waals surface area contributed by atoms with E-state index in [2.05, 4.69) is 4.99 Å². The van der Waals surface area contributed by atoms with Crippen molar-refractivity contribution in [1.82, 2.24) is 4.90 Å². The second-order valence-electron chi connectivity index (χ2n) is 8.08. The Balaban J connectivity index is 0.00000201. The Bertz CT molecular complexity index is 1430. The Kier molecular flexibility index (Phi) is 14.2. The number of aliphatic carboxylic acids is 1. The topological polar surface area (TPSA) is 182 Å². The van der Waals surface area contributed by atoms with E-state index >= 15 is 0 Å². The number of guanidine groups is 1. The first-order chi connectivity index (χ1) is 19.0. The van der Waals surface area contributed by atoms with Crippen molar-refractivity contribution in [2.24, 2.45) is 16.5 Å². The molecule has 3 aromatic rings. The molecule has 11 nitrogen and oxygen atoms in total. The smallest absolute Gasteiger partial charge is 0.373 e. The Labute approximate surface area is 245 Å². The Morgan fingerprint density at radius 1 is 1.02 bits per heavy atom. The largest absolute Gasteiger partial charge is 0.480 e. The average molecular weight is 607 g/mol. The van der Waals surface area contributed by atoms with Gasteiger partial charge >= 0.3 is 18.1 Å². The molecule has 1 amide bonds. The van der Waals surface area contributed by atoms with Gasteiger partial charge in [-0.05, 0) is 66.1 Å². The Morgan fingerprint density at radius 2 is 1.68 bits per heavy atom. The quantitative estimate of drug-likeness (QED) is 0.134. The van der Waals surface area contributed by atoms with E-state index in [4.69, 9.17) is 37.4 Å². The zero-order valence-corrected chi connectivity index (χ0v) is 22.9. The number of aliphatic imine (C=N–C) groups is 1. The molecule has 41 heavy (non-hydrogen) atoms. The molecule has 0 unspecified atom stereocenters. The summed E-state index contributed by atoms with van der Waals surface area (Å²) in [5, 5.41) is 9.46. The molecule has 3 aromatic carbocycles. The van der Waals surface area contributed by atoms with Crippen molar-refractivity contribution in [3.05, 3.63) is 94.3 Å². The van der Waals surface area contributed by atoms with E-state index < -0.39 is 30.2 Å². The number of hydrogen-bond donors (Lipinski definition) is 3. The second kappa shape index (κ2) is 17.0. The summed E-state index contributed by atoms with van der Waals surface area (Å²) in [5.74, 6) is -2.60. The van der Waals surface area contributed by atoms with Crippen molar-refractivity contribution in [3.8, 4) is 5.75 Å². The number of rotatable bonds is 10. The van der Waals surface area contributed by atoms with Crippen LogP contribution in [-0.4, -0.2) is 46.5 Å². The highest BCUT2D eigenvalue weighted by Gasteiger charge is 2.18. The van der Waals surface area contributed by atoms with Gasteiger partial charge in [0.2, 0.25) is 5.91 Å². The predicted octanol–water partition coefficient (Wildman–Crippen LogP) is 3.49. The molecule has 0 spiro atoms. The van der Waals surface area contributed by atoms with Gasteiger partial charge in [-0.1, -0.05) is 29.8 Å². The van der Waals surface area contributed by atoms with Gasteiger partial charge in [0, 0.05) is 18.0 Å². The number of hydrogen-bond acceptors (Lipinski definition) is 7. The van der Waals surface area contributed by atoms with Crippen LogP contribution in [0.1, 0.15) is 27.9 Å². The van der Waals surface area contributed by atoms with Crippen molar-refractivity contribution < 1.29 is 38.2 Å². The standard InChI is InChI=1S/C26H24ClFN4O5.CO2.ClH/c27-22-13-21(37-25(36)18-4-8-20(9-5-18)31-26(29)30)10-6-17(22)7-11-23(33)32(15-24(34)35)14-16-2-1-3-19(28)12-16;2-1-3;/h1-6,8-10,12-13H,7,11,14-15H2,(H,34,35)(H4,29,30,31);;1H. The van der Waals surface area contributed by atoms with Crippen LogP contribution in [-0.2, 0) is 32.1 Å². The van der Waals surface area contributed by atoms with Gasteiger partial charge in [0.05, 0.1) is 11.3 Å². The number of nitrogens with zero attached hydrogens (tertiary/aromatic N) is 2. The summed E-state index contributed by atoms with van der Waals surface area (Å²) in [7, 11) is 0. The monoisotopic (exact) mass is 606 g/mol. The molecular formula is C27H25Cl2FN4O7. The van der Waals surface area contributed by atoms with Gasteiger partial charge < -0.3 is 26.2 Å². The number of carboxylic acids is 1. The minimum absolute atomic E-state index is 0. The molecule has 0 radical (unpaired) electrons. The lowest BCUT2D eigenvalue weighted by Crippen LogP contribution is -2.35. The highest BCUT2D eigenvalue weighted by molar-refractivity contribution is 6.31. The SMILES string of the molecule is Cl.NC(N)=Nc1ccc(C(=O)Oc2ccc(CCC(=O)N(CC(=O)O)Cc3cccc(F)c3)c(Cl)c2)cc1.O=C=O. The molecule has 0 aliphatic carbocycles. The van der Waals surface area contributed by atoms with Gasteiger partial charge in [0.25, 0.3) is 0 Å². The third kappa shape index (κ3) is 11.9.